The van der Waals surface area contributed by atoms with Crippen LogP contribution in [0.15, 0.2) is 0 Å². The molecule has 1 nitrogen and oxygen atoms in total. The second-order valence-corrected chi connectivity index (χ2v) is 5.48. The van der Waals surface area contributed by atoms with E-state index in [0.717, 1.165) is 6.42 Å². The standard InChI is InChI=1S/C7H9BrOS/c8-7-5(9)3-4-1-2-6(7)10-4/h4,6-7H,1-3H2. The molecule has 3 atom stereocenters. The highest BCUT2D eigenvalue weighted by Gasteiger charge is 2.40. The summed E-state index contributed by atoms with van der Waals surface area (Å²) < 4.78 is 0. The van der Waals surface area contributed by atoms with Gasteiger partial charge in [0, 0.05) is 16.9 Å². The number of alkyl halides is 1. The second-order valence-electron chi connectivity index (χ2n) is 2.95. The summed E-state index contributed by atoms with van der Waals surface area (Å²) in [5, 5.41) is 1.25. The van der Waals surface area contributed by atoms with Gasteiger partial charge in [-0.25, -0.2) is 0 Å². The van der Waals surface area contributed by atoms with Gasteiger partial charge in [0.1, 0.15) is 5.78 Å². The van der Waals surface area contributed by atoms with Crippen LogP contribution in [-0.4, -0.2) is 21.1 Å². The van der Waals surface area contributed by atoms with Crippen molar-refractivity contribution in [3.63, 3.8) is 0 Å². The molecule has 0 amide bonds. The van der Waals surface area contributed by atoms with Crippen molar-refractivity contribution in [3.8, 4) is 0 Å². The molecule has 0 aromatic heterocycles. The first kappa shape index (κ1) is 7.17. The minimum absolute atomic E-state index is 0.163. The lowest BCUT2D eigenvalue weighted by molar-refractivity contribution is -0.118. The van der Waals surface area contributed by atoms with E-state index in [1.54, 1.807) is 0 Å². The average molecular weight is 221 g/mol. The first-order valence-electron chi connectivity index (χ1n) is 3.59. The van der Waals surface area contributed by atoms with Crippen LogP contribution in [-0.2, 0) is 4.79 Å². The summed E-state index contributed by atoms with van der Waals surface area (Å²) in [6.45, 7) is 0. The molecule has 2 aliphatic rings. The highest BCUT2D eigenvalue weighted by molar-refractivity contribution is 9.10. The summed E-state index contributed by atoms with van der Waals surface area (Å²) >= 11 is 5.43. The molecule has 2 fully saturated rings. The zero-order valence-corrected chi connectivity index (χ0v) is 7.95. The Morgan fingerprint density at radius 2 is 2.30 bits per heavy atom. The van der Waals surface area contributed by atoms with Crippen molar-refractivity contribution in [3.05, 3.63) is 0 Å². The van der Waals surface area contributed by atoms with Gasteiger partial charge in [-0.15, -0.1) is 0 Å². The maximum Gasteiger partial charge on any atom is 0.148 e. The number of halogens is 1. The van der Waals surface area contributed by atoms with E-state index in [4.69, 9.17) is 0 Å². The van der Waals surface area contributed by atoms with Crippen LogP contribution in [0.4, 0.5) is 0 Å². The third-order valence-corrected chi connectivity index (χ3v) is 5.35. The Bertz CT molecular complexity index is 171. The number of fused-ring (bicyclic) bond motifs is 2. The topological polar surface area (TPSA) is 17.1 Å². The van der Waals surface area contributed by atoms with Crippen LogP contribution in [0.1, 0.15) is 19.3 Å². The van der Waals surface area contributed by atoms with Gasteiger partial charge >= 0.3 is 0 Å². The molecule has 0 aromatic carbocycles. The van der Waals surface area contributed by atoms with Crippen molar-refractivity contribution in [1.82, 2.24) is 0 Å². The zero-order valence-electron chi connectivity index (χ0n) is 5.55. The van der Waals surface area contributed by atoms with Gasteiger partial charge in [-0.05, 0) is 12.8 Å². The van der Waals surface area contributed by atoms with Gasteiger partial charge in [0.25, 0.3) is 0 Å². The number of Topliss-reactive ketones (excluding diaryl/α,β-unsaturated/α-hetero) is 1. The number of carbonyl (C=O) groups excluding carboxylic acids is 1. The summed E-state index contributed by atoms with van der Waals surface area (Å²) in [7, 11) is 0. The van der Waals surface area contributed by atoms with Crippen molar-refractivity contribution in [2.24, 2.45) is 0 Å². The molecule has 2 saturated heterocycles. The predicted molar refractivity (Wildman–Crippen MR) is 46.7 cm³/mol. The molecule has 10 heavy (non-hydrogen) atoms. The molecule has 2 heterocycles. The summed E-state index contributed by atoms with van der Waals surface area (Å²) in [5.74, 6) is 0.422. The average Bonchev–Trinajstić information content (AvgIpc) is 2.29. The van der Waals surface area contributed by atoms with Crippen LogP contribution < -0.4 is 0 Å². The fourth-order valence-corrected chi connectivity index (χ4v) is 4.06. The maximum absolute atomic E-state index is 11.2. The Hall–Kier alpha value is 0.500. The lowest BCUT2D eigenvalue weighted by atomic mass is 10.2. The fourth-order valence-electron chi connectivity index (χ4n) is 1.64. The number of carbonyl (C=O) groups is 1. The monoisotopic (exact) mass is 220 g/mol. The Kier molecular flexibility index (Phi) is 1.81. The van der Waals surface area contributed by atoms with E-state index in [1.807, 2.05) is 11.8 Å². The van der Waals surface area contributed by atoms with Crippen LogP contribution in [0.3, 0.4) is 0 Å². The van der Waals surface area contributed by atoms with Crippen molar-refractivity contribution in [1.29, 1.82) is 0 Å². The number of hydrogen-bond donors (Lipinski definition) is 0. The Balaban J connectivity index is 2.17. The molecule has 56 valence electrons. The Morgan fingerprint density at radius 1 is 1.50 bits per heavy atom. The van der Waals surface area contributed by atoms with Crippen LogP contribution in [0.5, 0.6) is 0 Å². The number of rotatable bonds is 0. The molecule has 2 aliphatic heterocycles. The zero-order chi connectivity index (χ0) is 7.14. The number of ketones is 1. The molecule has 3 unspecified atom stereocenters. The molecule has 0 radical (unpaired) electrons. The van der Waals surface area contributed by atoms with E-state index in [9.17, 15) is 4.79 Å². The highest BCUT2D eigenvalue weighted by Crippen LogP contribution is 2.44. The lowest BCUT2D eigenvalue weighted by Crippen LogP contribution is -2.29. The Morgan fingerprint density at radius 3 is 3.10 bits per heavy atom. The minimum Gasteiger partial charge on any atom is -0.298 e. The van der Waals surface area contributed by atoms with Gasteiger partial charge in [0.05, 0.1) is 4.83 Å². The van der Waals surface area contributed by atoms with Gasteiger partial charge in [0.15, 0.2) is 0 Å². The molecule has 2 bridgehead atoms. The van der Waals surface area contributed by atoms with Crippen molar-refractivity contribution in [2.45, 2.75) is 34.6 Å². The molecular weight excluding hydrogens is 212 g/mol. The molecule has 0 saturated carbocycles. The molecular formula is C7H9BrOS. The summed E-state index contributed by atoms with van der Waals surface area (Å²) in [4.78, 5) is 11.4. The van der Waals surface area contributed by atoms with Gasteiger partial charge in [-0.2, -0.15) is 11.8 Å². The molecule has 0 N–H and O–H groups in total. The normalized spacial score (nSPS) is 46.1. The molecule has 3 heteroatoms. The minimum atomic E-state index is 0.163. The molecule has 0 spiro atoms. The summed E-state index contributed by atoms with van der Waals surface area (Å²) in [6, 6.07) is 0. The number of thioether (sulfide) groups is 1. The molecule has 0 aromatic rings. The van der Waals surface area contributed by atoms with Crippen LogP contribution >= 0.6 is 27.7 Å². The number of hydrogen-bond acceptors (Lipinski definition) is 2. The highest BCUT2D eigenvalue weighted by atomic mass is 79.9. The van der Waals surface area contributed by atoms with Gasteiger partial charge < -0.3 is 0 Å². The van der Waals surface area contributed by atoms with Gasteiger partial charge in [-0.3, -0.25) is 4.79 Å². The maximum atomic E-state index is 11.2. The smallest absolute Gasteiger partial charge is 0.148 e. The van der Waals surface area contributed by atoms with E-state index in [-0.39, 0.29) is 4.83 Å². The first-order chi connectivity index (χ1) is 4.77. The van der Waals surface area contributed by atoms with Crippen molar-refractivity contribution >= 4 is 33.5 Å². The summed E-state index contributed by atoms with van der Waals surface area (Å²) in [6.07, 6.45) is 3.29. The van der Waals surface area contributed by atoms with E-state index >= 15 is 0 Å². The van der Waals surface area contributed by atoms with Crippen LogP contribution in [0.2, 0.25) is 0 Å². The predicted octanol–water partition coefficient (Wildman–Crippen LogP) is 1.99. The second kappa shape index (κ2) is 2.52. The largest absolute Gasteiger partial charge is 0.298 e. The third kappa shape index (κ3) is 1.03. The fraction of sp³-hybridized carbons (Fsp3) is 0.857. The summed E-state index contributed by atoms with van der Waals surface area (Å²) in [5.41, 5.74) is 0. The Labute approximate surface area is 73.1 Å². The van der Waals surface area contributed by atoms with Gasteiger partial charge in [-0.1, -0.05) is 15.9 Å². The lowest BCUT2D eigenvalue weighted by Gasteiger charge is -2.21. The van der Waals surface area contributed by atoms with E-state index in [0.29, 0.717) is 16.3 Å². The molecule has 2 rings (SSSR count). The van der Waals surface area contributed by atoms with Crippen LogP contribution in [0.25, 0.3) is 0 Å². The van der Waals surface area contributed by atoms with Crippen LogP contribution in [0, 0.1) is 0 Å². The third-order valence-electron chi connectivity index (χ3n) is 2.20. The van der Waals surface area contributed by atoms with E-state index < -0.39 is 0 Å². The van der Waals surface area contributed by atoms with Crippen molar-refractivity contribution < 1.29 is 4.79 Å². The SMILES string of the molecule is O=C1CC2CCC(S2)C1Br. The molecule has 0 aliphatic carbocycles. The van der Waals surface area contributed by atoms with Crippen molar-refractivity contribution in [2.75, 3.05) is 0 Å². The van der Waals surface area contributed by atoms with E-state index in [2.05, 4.69) is 15.9 Å². The van der Waals surface area contributed by atoms with Gasteiger partial charge in [0.2, 0.25) is 0 Å². The van der Waals surface area contributed by atoms with E-state index in [1.165, 1.54) is 12.8 Å². The first-order valence-corrected chi connectivity index (χ1v) is 5.45. The quantitative estimate of drug-likeness (QED) is 0.582.